The molecule has 0 radical (unpaired) electrons. The van der Waals surface area contributed by atoms with Gasteiger partial charge in [0.05, 0.1) is 29.9 Å². The van der Waals surface area contributed by atoms with Crippen LogP contribution in [0.5, 0.6) is 0 Å². The highest BCUT2D eigenvalue weighted by atomic mass is 32.2. The Kier molecular flexibility index (Phi) is 6.73. The smallest absolute Gasteiger partial charge is 0.413 e. The molecule has 1 aliphatic rings. The molecule has 2 heterocycles. The lowest BCUT2D eigenvalue weighted by atomic mass is 10.1. The van der Waals surface area contributed by atoms with E-state index in [9.17, 15) is 22.8 Å². The highest BCUT2D eigenvalue weighted by Gasteiger charge is 2.32. The van der Waals surface area contributed by atoms with E-state index in [-0.39, 0.29) is 28.8 Å². The summed E-state index contributed by atoms with van der Waals surface area (Å²) in [5, 5.41) is 0. The number of carbonyl (C=O) groups excluding carboxylic acids is 3. The molecule has 172 valence electrons. The zero-order valence-corrected chi connectivity index (χ0v) is 19.3. The minimum atomic E-state index is -3.07. The van der Waals surface area contributed by atoms with Crippen LogP contribution in [0, 0.1) is 13.8 Å². The maximum absolute atomic E-state index is 12.8. The number of para-hydroxylation sites is 1. The summed E-state index contributed by atoms with van der Waals surface area (Å²) < 4.78 is 35.5. The molecule has 9 nitrogen and oxygen atoms in total. The van der Waals surface area contributed by atoms with Crippen LogP contribution >= 0.6 is 0 Å². The summed E-state index contributed by atoms with van der Waals surface area (Å²) in [5.74, 6) is -0.955. The summed E-state index contributed by atoms with van der Waals surface area (Å²) in [7, 11) is -0.380. The van der Waals surface area contributed by atoms with Crippen LogP contribution in [0.25, 0.3) is 0 Å². The van der Waals surface area contributed by atoms with Crippen molar-refractivity contribution in [2.45, 2.75) is 26.3 Å². The molecule has 1 atom stereocenters. The highest BCUT2D eigenvalue weighted by molar-refractivity contribution is 7.91. The van der Waals surface area contributed by atoms with Crippen LogP contribution in [0.15, 0.2) is 30.3 Å². The number of methoxy groups -OCH3 is 1. The van der Waals surface area contributed by atoms with E-state index >= 15 is 0 Å². The van der Waals surface area contributed by atoms with Crippen LogP contribution in [-0.4, -0.2) is 63.1 Å². The number of hydrogen-bond donors (Lipinski definition) is 0. The maximum atomic E-state index is 12.8. The molecule has 32 heavy (non-hydrogen) atoms. The summed E-state index contributed by atoms with van der Waals surface area (Å²) in [4.78, 5) is 38.4. The number of rotatable bonds is 6. The van der Waals surface area contributed by atoms with Gasteiger partial charge in [-0.1, -0.05) is 12.1 Å². The molecule has 1 unspecified atom stereocenters. The topological polar surface area (TPSA) is 112 Å². The first-order valence-corrected chi connectivity index (χ1v) is 11.9. The number of amides is 1. The molecule has 2 aromatic rings. The number of aryl methyl sites for hydroxylation is 1. The highest BCUT2D eigenvalue weighted by Crippen LogP contribution is 2.29. The molecule has 1 fully saturated rings. The zero-order valence-electron chi connectivity index (χ0n) is 18.5. The monoisotopic (exact) mass is 462 g/mol. The van der Waals surface area contributed by atoms with Crippen molar-refractivity contribution in [1.82, 2.24) is 4.57 Å². The normalized spacial score (nSPS) is 17.1. The second-order valence-corrected chi connectivity index (χ2v) is 9.99. The Morgan fingerprint density at radius 2 is 1.84 bits per heavy atom. The number of benzene rings is 1. The van der Waals surface area contributed by atoms with Gasteiger partial charge < -0.3 is 14.0 Å². The Morgan fingerprint density at radius 3 is 2.47 bits per heavy atom. The van der Waals surface area contributed by atoms with Gasteiger partial charge in [-0.2, -0.15) is 0 Å². The van der Waals surface area contributed by atoms with Crippen molar-refractivity contribution >= 4 is 33.4 Å². The fourth-order valence-corrected chi connectivity index (χ4v) is 5.76. The van der Waals surface area contributed by atoms with Gasteiger partial charge in [0.15, 0.2) is 16.4 Å². The molecule has 1 saturated heterocycles. The van der Waals surface area contributed by atoms with Crippen molar-refractivity contribution in [3.05, 3.63) is 52.8 Å². The molecule has 1 amide bonds. The number of ether oxygens (including phenoxy) is 2. The predicted molar refractivity (Wildman–Crippen MR) is 118 cm³/mol. The van der Waals surface area contributed by atoms with Crippen LogP contribution in [0.4, 0.5) is 10.5 Å². The van der Waals surface area contributed by atoms with Crippen molar-refractivity contribution < 1.29 is 32.3 Å². The minimum Gasteiger partial charge on any atom is -0.454 e. The summed E-state index contributed by atoms with van der Waals surface area (Å²) in [6, 6.07) is 7.83. The quantitative estimate of drug-likeness (QED) is 0.479. The molecule has 0 aliphatic carbocycles. The van der Waals surface area contributed by atoms with E-state index < -0.39 is 34.3 Å². The van der Waals surface area contributed by atoms with Crippen LogP contribution in [-0.2, 0) is 19.3 Å². The lowest BCUT2D eigenvalue weighted by Gasteiger charge is -2.18. The van der Waals surface area contributed by atoms with Gasteiger partial charge in [0.2, 0.25) is 5.78 Å². The molecule has 1 aliphatic heterocycles. The van der Waals surface area contributed by atoms with E-state index in [2.05, 4.69) is 4.74 Å². The molecule has 3 rings (SSSR count). The van der Waals surface area contributed by atoms with Crippen molar-refractivity contribution in [3.8, 4) is 0 Å². The molecule has 1 aromatic heterocycles. The lowest BCUT2D eigenvalue weighted by Crippen LogP contribution is -2.28. The Hall–Kier alpha value is -3.14. The Bertz CT molecular complexity index is 1170. The number of carbonyl (C=O) groups is 3. The molecule has 0 bridgehead atoms. The second-order valence-electron chi connectivity index (χ2n) is 7.76. The zero-order chi connectivity index (χ0) is 23.6. The van der Waals surface area contributed by atoms with Crippen molar-refractivity contribution in [1.29, 1.82) is 0 Å². The van der Waals surface area contributed by atoms with Gasteiger partial charge in [0.25, 0.3) is 0 Å². The first-order valence-electron chi connectivity index (χ1n) is 10.1. The van der Waals surface area contributed by atoms with Gasteiger partial charge in [-0.25, -0.2) is 18.0 Å². The summed E-state index contributed by atoms with van der Waals surface area (Å²) in [6.45, 7) is 3.09. The molecular weight excluding hydrogens is 436 g/mol. The van der Waals surface area contributed by atoms with Crippen molar-refractivity contribution in [2.75, 3.05) is 37.2 Å². The average molecular weight is 463 g/mol. The molecule has 1 aromatic carbocycles. The minimum absolute atomic E-state index is 0.0521. The second kappa shape index (κ2) is 9.15. The van der Waals surface area contributed by atoms with Gasteiger partial charge in [0.1, 0.15) is 0 Å². The van der Waals surface area contributed by atoms with Crippen molar-refractivity contribution in [3.63, 3.8) is 0 Å². The van der Waals surface area contributed by atoms with Gasteiger partial charge in [-0.3, -0.25) is 9.69 Å². The van der Waals surface area contributed by atoms with E-state index in [1.165, 1.54) is 25.1 Å². The van der Waals surface area contributed by atoms with E-state index in [0.29, 0.717) is 17.7 Å². The molecule has 0 N–H and O–H groups in total. The fraction of sp³-hybridized carbons (Fsp3) is 0.409. The third kappa shape index (κ3) is 4.69. The first kappa shape index (κ1) is 23.5. The number of Topliss-reactive ketones (excluding diaryl/α,β-unsaturated/α-hetero) is 1. The number of ketones is 1. The third-order valence-electron chi connectivity index (χ3n) is 5.63. The predicted octanol–water partition coefficient (Wildman–Crippen LogP) is 2.71. The van der Waals surface area contributed by atoms with Crippen LogP contribution in [0.1, 0.15) is 44.6 Å². The van der Waals surface area contributed by atoms with E-state index in [1.807, 2.05) is 11.5 Å². The maximum Gasteiger partial charge on any atom is 0.413 e. The van der Waals surface area contributed by atoms with E-state index in [0.717, 1.165) is 5.69 Å². The number of aromatic nitrogens is 1. The van der Waals surface area contributed by atoms with Gasteiger partial charge >= 0.3 is 12.1 Å². The first-order chi connectivity index (χ1) is 15.1. The Labute approximate surface area is 186 Å². The van der Waals surface area contributed by atoms with E-state index in [4.69, 9.17) is 4.74 Å². The summed E-state index contributed by atoms with van der Waals surface area (Å²) in [5.41, 5.74) is 2.23. The Morgan fingerprint density at radius 1 is 1.16 bits per heavy atom. The van der Waals surface area contributed by atoms with E-state index in [1.54, 1.807) is 31.2 Å². The van der Waals surface area contributed by atoms with Crippen LogP contribution < -0.4 is 4.90 Å². The molecule has 10 heteroatoms. The summed E-state index contributed by atoms with van der Waals surface area (Å²) in [6.07, 6.45) is -0.145. The van der Waals surface area contributed by atoms with Gasteiger partial charge in [-0.15, -0.1) is 0 Å². The number of esters is 1. The number of nitrogens with zero attached hydrogens (tertiary/aromatic N) is 2. The molecule has 0 saturated carbocycles. The largest absolute Gasteiger partial charge is 0.454 e. The number of anilines is 1. The SMILES string of the molecule is COC(=O)N(C)c1ccccc1C(=O)OCC(=O)c1cc(C)n(C2CCS(=O)(=O)C2)c1C. The van der Waals surface area contributed by atoms with Crippen LogP contribution in [0.2, 0.25) is 0 Å². The number of hydrogen-bond acceptors (Lipinski definition) is 7. The van der Waals surface area contributed by atoms with Crippen molar-refractivity contribution in [2.24, 2.45) is 0 Å². The third-order valence-corrected chi connectivity index (χ3v) is 7.38. The van der Waals surface area contributed by atoms with Crippen LogP contribution in [0.3, 0.4) is 0 Å². The lowest BCUT2D eigenvalue weighted by molar-refractivity contribution is 0.0475. The summed E-state index contributed by atoms with van der Waals surface area (Å²) >= 11 is 0. The standard InChI is InChI=1S/C22H26N2O7S/c1-14-11-18(15(2)24(14)16-9-10-32(28,29)13-16)20(25)12-31-21(26)17-7-5-6-8-19(17)23(3)22(27)30-4/h5-8,11,16H,9-10,12-13H2,1-4H3. The number of sulfone groups is 1. The fourth-order valence-electron chi connectivity index (χ4n) is 4.06. The van der Waals surface area contributed by atoms with Gasteiger partial charge in [-0.05, 0) is 38.5 Å². The molecule has 0 spiro atoms. The molecular formula is C22H26N2O7S. The van der Waals surface area contributed by atoms with Gasteiger partial charge in [0, 0.05) is 30.0 Å². The Balaban J connectivity index is 1.74. The average Bonchev–Trinajstić information content (AvgIpc) is 3.27.